The number of anilines is 1. The highest BCUT2D eigenvalue weighted by Gasteiger charge is 2.13. The van der Waals surface area contributed by atoms with E-state index in [9.17, 15) is 14.0 Å². The van der Waals surface area contributed by atoms with E-state index < -0.39 is 11.8 Å². The molecular formula is C14H19FN2O3. The number of rotatable bonds is 6. The van der Waals surface area contributed by atoms with Crippen molar-refractivity contribution in [3.63, 3.8) is 0 Å². The highest BCUT2D eigenvalue weighted by Crippen LogP contribution is 2.14. The number of esters is 1. The van der Waals surface area contributed by atoms with E-state index in [2.05, 4.69) is 5.32 Å². The number of nitrogen functional groups attached to an aromatic ring is 1. The van der Waals surface area contributed by atoms with Gasteiger partial charge in [-0.15, -0.1) is 0 Å². The SMILES string of the molecule is CC(C)CCNC(=O)COC(=O)c1ccc(F)cc1N. The van der Waals surface area contributed by atoms with Gasteiger partial charge in [0.05, 0.1) is 5.56 Å². The molecule has 0 aliphatic heterocycles. The first-order valence-corrected chi connectivity index (χ1v) is 6.39. The van der Waals surface area contributed by atoms with Crippen molar-refractivity contribution in [3.8, 4) is 0 Å². The third-order valence-electron chi connectivity index (χ3n) is 2.61. The van der Waals surface area contributed by atoms with Gasteiger partial charge in [-0.2, -0.15) is 0 Å². The lowest BCUT2D eigenvalue weighted by Gasteiger charge is -2.09. The van der Waals surface area contributed by atoms with Crippen LogP contribution in [0.1, 0.15) is 30.6 Å². The Morgan fingerprint density at radius 1 is 1.40 bits per heavy atom. The van der Waals surface area contributed by atoms with Crippen LogP contribution in [0, 0.1) is 11.7 Å². The fraction of sp³-hybridized carbons (Fsp3) is 0.429. The van der Waals surface area contributed by atoms with E-state index in [-0.39, 0.29) is 23.8 Å². The molecular weight excluding hydrogens is 263 g/mol. The number of nitrogens with one attached hydrogen (secondary N) is 1. The smallest absolute Gasteiger partial charge is 0.340 e. The lowest BCUT2D eigenvalue weighted by atomic mass is 10.1. The van der Waals surface area contributed by atoms with Crippen LogP contribution >= 0.6 is 0 Å². The fourth-order valence-electron chi connectivity index (χ4n) is 1.48. The maximum absolute atomic E-state index is 12.8. The summed E-state index contributed by atoms with van der Waals surface area (Å²) in [5.74, 6) is -1.18. The number of hydrogen-bond acceptors (Lipinski definition) is 4. The maximum Gasteiger partial charge on any atom is 0.340 e. The molecule has 0 saturated carbocycles. The molecule has 1 rings (SSSR count). The third-order valence-corrected chi connectivity index (χ3v) is 2.61. The Bertz CT molecular complexity index is 489. The van der Waals surface area contributed by atoms with Gasteiger partial charge in [0.1, 0.15) is 5.82 Å². The Hall–Kier alpha value is -2.11. The van der Waals surface area contributed by atoms with Crippen molar-refractivity contribution in [3.05, 3.63) is 29.6 Å². The van der Waals surface area contributed by atoms with E-state index in [0.717, 1.165) is 18.6 Å². The molecule has 0 aliphatic carbocycles. The Balaban J connectivity index is 2.41. The number of amides is 1. The molecule has 1 aromatic rings. The van der Waals surface area contributed by atoms with E-state index >= 15 is 0 Å². The van der Waals surface area contributed by atoms with Gasteiger partial charge in [0.2, 0.25) is 0 Å². The number of halogens is 1. The van der Waals surface area contributed by atoms with Crippen LogP contribution in [-0.2, 0) is 9.53 Å². The molecule has 0 radical (unpaired) electrons. The molecule has 1 amide bonds. The molecule has 0 unspecified atom stereocenters. The standard InChI is InChI=1S/C14H19FN2O3/c1-9(2)5-6-17-13(18)8-20-14(19)11-4-3-10(15)7-12(11)16/h3-4,7,9H,5-6,8,16H2,1-2H3,(H,17,18). The predicted molar refractivity (Wildman–Crippen MR) is 73.6 cm³/mol. The molecule has 5 nitrogen and oxygen atoms in total. The van der Waals surface area contributed by atoms with E-state index in [1.807, 2.05) is 13.8 Å². The first kappa shape index (κ1) is 15.9. The second kappa shape index (κ2) is 7.47. The highest BCUT2D eigenvalue weighted by atomic mass is 19.1. The largest absolute Gasteiger partial charge is 0.452 e. The van der Waals surface area contributed by atoms with Gasteiger partial charge in [0.15, 0.2) is 6.61 Å². The monoisotopic (exact) mass is 282 g/mol. The van der Waals surface area contributed by atoms with Crippen molar-refractivity contribution in [2.45, 2.75) is 20.3 Å². The fourth-order valence-corrected chi connectivity index (χ4v) is 1.48. The summed E-state index contributed by atoms with van der Waals surface area (Å²) >= 11 is 0. The Labute approximate surface area is 117 Å². The third kappa shape index (κ3) is 5.26. The van der Waals surface area contributed by atoms with E-state index in [1.54, 1.807) is 0 Å². The van der Waals surface area contributed by atoms with E-state index in [0.29, 0.717) is 12.5 Å². The van der Waals surface area contributed by atoms with Crippen molar-refractivity contribution < 1.29 is 18.7 Å². The minimum Gasteiger partial charge on any atom is -0.452 e. The van der Waals surface area contributed by atoms with Gasteiger partial charge in [0.25, 0.3) is 5.91 Å². The molecule has 110 valence electrons. The minimum absolute atomic E-state index is 0.0183. The number of benzene rings is 1. The predicted octanol–water partition coefficient (Wildman–Crippen LogP) is 1.73. The van der Waals surface area contributed by atoms with Crippen LogP contribution < -0.4 is 11.1 Å². The highest BCUT2D eigenvalue weighted by molar-refractivity contribution is 5.96. The first-order valence-electron chi connectivity index (χ1n) is 6.39. The van der Waals surface area contributed by atoms with Crippen LogP contribution in [0.4, 0.5) is 10.1 Å². The quantitative estimate of drug-likeness (QED) is 0.615. The second-order valence-electron chi connectivity index (χ2n) is 4.84. The summed E-state index contributed by atoms with van der Waals surface area (Å²) < 4.78 is 17.6. The Morgan fingerprint density at radius 2 is 2.10 bits per heavy atom. The summed E-state index contributed by atoms with van der Waals surface area (Å²) in [6, 6.07) is 3.36. The van der Waals surface area contributed by atoms with Gasteiger partial charge in [-0.25, -0.2) is 9.18 Å². The summed E-state index contributed by atoms with van der Waals surface area (Å²) in [6.07, 6.45) is 0.852. The van der Waals surface area contributed by atoms with Crippen LogP contribution in [0.25, 0.3) is 0 Å². The van der Waals surface area contributed by atoms with E-state index in [4.69, 9.17) is 10.5 Å². The van der Waals surface area contributed by atoms with Gasteiger partial charge >= 0.3 is 5.97 Å². The van der Waals surface area contributed by atoms with Crippen LogP contribution in [-0.4, -0.2) is 25.0 Å². The number of ether oxygens (including phenoxy) is 1. The topological polar surface area (TPSA) is 81.4 Å². The number of nitrogens with two attached hydrogens (primary N) is 1. The van der Waals surface area contributed by atoms with Crippen LogP contribution in [0.3, 0.4) is 0 Å². The van der Waals surface area contributed by atoms with Crippen molar-refractivity contribution >= 4 is 17.6 Å². The summed E-state index contributed by atoms with van der Waals surface area (Å²) in [7, 11) is 0. The zero-order valence-electron chi connectivity index (χ0n) is 11.6. The van der Waals surface area contributed by atoms with Crippen LogP contribution in [0.5, 0.6) is 0 Å². The van der Waals surface area contributed by atoms with Crippen molar-refractivity contribution in [1.29, 1.82) is 0 Å². The Kier molecular flexibility index (Phi) is 5.96. The summed E-state index contributed by atoms with van der Waals surface area (Å²) in [4.78, 5) is 23.1. The van der Waals surface area contributed by atoms with Crippen molar-refractivity contribution in [2.75, 3.05) is 18.9 Å². The maximum atomic E-state index is 12.8. The average Bonchev–Trinajstić information content (AvgIpc) is 2.35. The van der Waals surface area contributed by atoms with Gasteiger partial charge in [-0.3, -0.25) is 4.79 Å². The van der Waals surface area contributed by atoms with E-state index in [1.165, 1.54) is 6.07 Å². The molecule has 0 saturated heterocycles. The molecule has 0 spiro atoms. The van der Waals surface area contributed by atoms with Gasteiger partial charge in [-0.05, 0) is 30.5 Å². The molecule has 20 heavy (non-hydrogen) atoms. The molecule has 0 heterocycles. The minimum atomic E-state index is -0.749. The molecule has 0 atom stereocenters. The second-order valence-corrected chi connectivity index (χ2v) is 4.84. The van der Waals surface area contributed by atoms with Crippen LogP contribution in [0.2, 0.25) is 0 Å². The van der Waals surface area contributed by atoms with Crippen molar-refractivity contribution in [2.24, 2.45) is 5.92 Å². The molecule has 3 N–H and O–H groups in total. The zero-order valence-corrected chi connectivity index (χ0v) is 11.6. The normalized spacial score (nSPS) is 10.4. The first-order chi connectivity index (χ1) is 9.40. The number of carbonyl (C=O) groups excluding carboxylic acids is 2. The summed E-state index contributed by atoms with van der Waals surface area (Å²) in [5.41, 5.74) is 5.53. The summed E-state index contributed by atoms with van der Waals surface area (Å²) in [6.45, 7) is 4.24. The summed E-state index contributed by atoms with van der Waals surface area (Å²) in [5, 5.41) is 2.64. The van der Waals surface area contributed by atoms with Crippen molar-refractivity contribution in [1.82, 2.24) is 5.32 Å². The number of hydrogen-bond donors (Lipinski definition) is 2. The lowest BCUT2D eigenvalue weighted by Crippen LogP contribution is -2.30. The van der Waals surface area contributed by atoms with Gasteiger partial charge < -0.3 is 15.8 Å². The van der Waals surface area contributed by atoms with Gasteiger partial charge in [-0.1, -0.05) is 13.8 Å². The molecule has 6 heteroatoms. The molecule has 0 aromatic heterocycles. The van der Waals surface area contributed by atoms with Gasteiger partial charge in [0, 0.05) is 12.2 Å². The Morgan fingerprint density at radius 3 is 2.70 bits per heavy atom. The molecule has 0 aliphatic rings. The lowest BCUT2D eigenvalue weighted by molar-refractivity contribution is -0.124. The molecule has 1 aromatic carbocycles. The zero-order chi connectivity index (χ0) is 15.1. The molecule has 0 bridgehead atoms. The van der Waals surface area contributed by atoms with Crippen LogP contribution in [0.15, 0.2) is 18.2 Å². The number of carbonyl (C=O) groups is 2. The average molecular weight is 282 g/mol. The molecule has 0 fully saturated rings.